The summed E-state index contributed by atoms with van der Waals surface area (Å²) in [6, 6.07) is 10.7. The molecular weight excluding hydrogens is 162 g/mol. The number of carbonyl (C=O) groups is 1. The minimum atomic E-state index is 0.0604. The van der Waals surface area contributed by atoms with Crippen molar-refractivity contribution in [2.75, 3.05) is 0 Å². The van der Waals surface area contributed by atoms with Crippen LogP contribution in [0.2, 0.25) is 0 Å². The van der Waals surface area contributed by atoms with Crippen molar-refractivity contribution in [3.63, 3.8) is 0 Å². The van der Waals surface area contributed by atoms with Gasteiger partial charge in [-0.05, 0) is 18.4 Å². The highest BCUT2D eigenvalue weighted by atomic mass is 16.1. The van der Waals surface area contributed by atoms with E-state index in [0.717, 1.165) is 19.1 Å². The summed E-state index contributed by atoms with van der Waals surface area (Å²) in [6.07, 6.45) is 3.03. The largest absolute Gasteiger partial charge is 0.302 e. The number of aldehydes is 1. The first kappa shape index (κ1) is 8.45. The topological polar surface area (TPSA) is 29.1 Å². The number of hydrogen-bond donors (Lipinski definition) is 1. The molecule has 1 fully saturated rings. The Balaban J connectivity index is 2.08. The summed E-state index contributed by atoms with van der Waals surface area (Å²) in [7, 11) is 0. The lowest BCUT2D eigenvalue weighted by Gasteiger charge is -2.10. The maximum Gasteiger partial charge on any atom is 0.136 e. The molecule has 2 nitrogen and oxygen atoms in total. The van der Waals surface area contributed by atoms with Crippen LogP contribution in [-0.4, -0.2) is 12.3 Å². The Labute approximate surface area is 78.0 Å². The molecule has 1 heterocycles. The molecule has 0 saturated carbocycles. The number of benzene rings is 1. The number of carbonyl (C=O) groups excluding carboxylic acids is 1. The van der Waals surface area contributed by atoms with Gasteiger partial charge in [0.05, 0.1) is 6.04 Å². The minimum absolute atomic E-state index is 0.0604. The first-order valence-electron chi connectivity index (χ1n) is 4.66. The average molecular weight is 175 g/mol. The predicted molar refractivity (Wildman–Crippen MR) is 51.4 cm³/mol. The summed E-state index contributed by atoms with van der Waals surface area (Å²) in [5.74, 6) is 0. The summed E-state index contributed by atoms with van der Waals surface area (Å²) in [5.41, 5.74) is 1.28. The van der Waals surface area contributed by atoms with Crippen molar-refractivity contribution in [3.05, 3.63) is 35.9 Å². The Morgan fingerprint density at radius 3 is 2.62 bits per heavy atom. The fourth-order valence-electron chi connectivity index (χ4n) is 1.83. The van der Waals surface area contributed by atoms with Gasteiger partial charge in [-0.1, -0.05) is 30.3 Å². The van der Waals surface area contributed by atoms with E-state index in [0.29, 0.717) is 6.04 Å². The van der Waals surface area contributed by atoms with Crippen LogP contribution in [0.15, 0.2) is 30.3 Å². The Hall–Kier alpha value is -1.15. The second kappa shape index (κ2) is 3.71. The number of hydrogen-bond acceptors (Lipinski definition) is 2. The quantitative estimate of drug-likeness (QED) is 0.693. The normalized spacial score (nSPS) is 27.4. The third-order valence-electron chi connectivity index (χ3n) is 2.55. The molecule has 1 unspecified atom stereocenters. The van der Waals surface area contributed by atoms with Crippen molar-refractivity contribution in [1.82, 2.24) is 5.32 Å². The van der Waals surface area contributed by atoms with Crippen LogP contribution in [0.4, 0.5) is 0 Å². The van der Waals surface area contributed by atoms with Gasteiger partial charge < -0.3 is 10.1 Å². The van der Waals surface area contributed by atoms with E-state index in [-0.39, 0.29) is 6.04 Å². The molecular formula is C11H13NO. The van der Waals surface area contributed by atoms with Gasteiger partial charge in [-0.3, -0.25) is 0 Å². The van der Waals surface area contributed by atoms with Crippen LogP contribution in [0.3, 0.4) is 0 Å². The lowest BCUT2D eigenvalue weighted by molar-refractivity contribution is -0.109. The Morgan fingerprint density at radius 2 is 2.00 bits per heavy atom. The third kappa shape index (κ3) is 1.78. The highest BCUT2D eigenvalue weighted by Gasteiger charge is 2.23. The van der Waals surface area contributed by atoms with E-state index in [9.17, 15) is 4.79 Å². The first-order valence-corrected chi connectivity index (χ1v) is 4.66. The van der Waals surface area contributed by atoms with Gasteiger partial charge in [-0.15, -0.1) is 0 Å². The van der Waals surface area contributed by atoms with Crippen molar-refractivity contribution in [2.24, 2.45) is 0 Å². The highest BCUT2D eigenvalue weighted by molar-refractivity contribution is 5.58. The van der Waals surface area contributed by atoms with Gasteiger partial charge in [-0.25, -0.2) is 0 Å². The molecule has 1 saturated heterocycles. The molecule has 0 spiro atoms. The molecule has 68 valence electrons. The van der Waals surface area contributed by atoms with E-state index < -0.39 is 0 Å². The van der Waals surface area contributed by atoms with Crippen LogP contribution in [-0.2, 0) is 4.79 Å². The Morgan fingerprint density at radius 1 is 1.23 bits per heavy atom. The molecule has 1 aliphatic rings. The zero-order valence-corrected chi connectivity index (χ0v) is 7.44. The van der Waals surface area contributed by atoms with Crippen molar-refractivity contribution in [2.45, 2.75) is 24.9 Å². The summed E-state index contributed by atoms with van der Waals surface area (Å²) in [5, 5.41) is 3.29. The fourth-order valence-corrected chi connectivity index (χ4v) is 1.83. The minimum Gasteiger partial charge on any atom is -0.302 e. The van der Waals surface area contributed by atoms with Crippen LogP contribution >= 0.6 is 0 Å². The molecule has 13 heavy (non-hydrogen) atoms. The molecule has 2 heteroatoms. The molecule has 0 radical (unpaired) electrons. The first-order chi connectivity index (χ1) is 6.40. The molecule has 1 N–H and O–H groups in total. The molecule has 0 bridgehead atoms. The van der Waals surface area contributed by atoms with E-state index in [1.165, 1.54) is 5.56 Å². The van der Waals surface area contributed by atoms with Gasteiger partial charge in [0.15, 0.2) is 0 Å². The SMILES string of the molecule is O=C[C@@H]1CCC(c2ccccc2)N1. The smallest absolute Gasteiger partial charge is 0.136 e. The van der Waals surface area contributed by atoms with Crippen molar-refractivity contribution in [3.8, 4) is 0 Å². The second-order valence-electron chi connectivity index (χ2n) is 3.45. The number of nitrogens with one attached hydrogen (secondary N) is 1. The summed E-state index contributed by atoms with van der Waals surface area (Å²) in [6.45, 7) is 0. The maximum absolute atomic E-state index is 10.5. The average Bonchev–Trinajstić information content (AvgIpc) is 2.67. The molecule has 0 aromatic heterocycles. The highest BCUT2D eigenvalue weighted by Crippen LogP contribution is 2.25. The van der Waals surface area contributed by atoms with E-state index in [4.69, 9.17) is 0 Å². The molecule has 1 aliphatic heterocycles. The van der Waals surface area contributed by atoms with E-state index in [1.807, 2.05) is 18.2 Å². The zero-order valence-electron chi connectivity index (χ0n) is 7.44. The van der Waals surface area contributed by atoms with E-state index >= 15 is 0 Å². The second-order valence-corrected chi connectivity index (χ2v) is 3.45. The number of rotatable bonds is 2. The monoisotopic (exact) mass is 175 g/mol. The van der Waals surface area contributed by atoms with Crippen molar-refractivity contribution in [1.29, 1.82) is 0 Å². The van der Waals surface area contributed by atoms with Crippen LogP contribution in [0, 0.1) is 0 Å². The Kier molecular flexibility index (Phi) is 2.41. The van der Waals surface area contributed by atoms with Crippen LogP contribution in [0.5, 0.6) is 0 Å². The van der Waals surface area contributed by atoms with Gasteiger partial charge in [0, 0.05) is 6.04 Å². The lowest BCUT2D eigenvalue weighted by atomic mass is 10.1. The molecule has 2 atom stereocenters. The molecule has 1 aromatic carbocycles. The van der Waals surface area contributed by atoms with Crippen LogP contribution in [0.1, 0.15) is 24.4 Å². The molecule has 2 rings (SSSR count). The van der Waals surface area contributed by atoms with E-state index in [2.05, 4.69) is 17.4 Å². The summed E-state index contributed by atoms with van der Waals surface area (Å²) in [4.78, 5) is 10.5. The van der Waals surface area contributed by atoms with Gasteiger partial charge in [0.1, 0.15) is 6.29 Å². The van der Waals surface area contributed by atoms with Crippen LogP contribution < -0.4 is 5.32 Å². The van der Waals surface area contributed by atoms with Gasteiger partial charge in [-0.2, -0.15) is 0 Å². The molecule has 1 aromatic rings. The summed E-state index contributed by atoms with van der Waals surface area (Å²) < 4.78 is 0. The molecule has 0 aliphatic carbocycles. The fraction of sp³-hybridized carbons (Fsp3) is 0.364. The summed E-state index contributed by atoms with van der Waals surface area (Å²) >= 11 is 0. The van der Waals surface area contributed by atoms with Gasteiger partial charge in [0.2, 0.25) is 0 Å². The lowest BCUT2D eigenvalue weighted by Crippen LogP contribution is -2.25. The van der Waals surface area contributed by atoms with Crippen LogP contribution in [0.25, 0.3) is 0 Å². The molecule has 0 amide bonds. The van der Waals surface area contributed by atoms with E-state index in [1.54, 1.807) is 0 Å². The van der Waals surface area contributed by atoms with Crippen molar-refractivity contribution >= 4 is 6.29 Å². The Bertz CT molecular complexity index is 283. The standard InChI is InChI=1S/C11H13NO/c13-8-10-6-7-11(12-10)9-4-2-1-3-5-9/h1-5,8,10-12H,6-7H2/t10-,11?/m0/s1. The maximum atomic E-state index is 10.5. The zero-order chi connectivity index (χ0) is 9.10. The van der Waals surface area contributed by atoms with Gasteiger partial charge in [0.25, 0.3) is 0 Å². The van der Waals surface area contributed by atoms with Gasteiger partial charge >= 0.3 is 0 Å². The van der Waals surface area contributed by atoms with Crippen molar-refractivity contribution < 1.29 is 4.79 Å². The third-order valence-corrected chi connectivity index (χ3v) is 2.55. The predicted octanol–water partition coefficient (Wildman–Crippen LogP) is 1.68.